The SMILES string of the molecule is CC(c1nc(C(C)(C)C)no1)N1CCN(C(=O)c2cccc3ccccc23)CC1. The van der Waals surface area contributed by atoms with E-state index in [1.54, 1.807) is 0 Å². The molecule has 1 amide bonds. The molecule has 1 aliphatic heterocycles. The number of piperazine rings is 1. The van der Waals surface area contributed by atoms with E-state index in [1.165, 1.54) is 0 Å². The van der Waals surface area contributed by atoms with E-state index in [2.05, 4.69) is 42.7 Å². The summed E-state index contributed by atoms with van der Waals surface area (Å²) < 4.78 is 5.51. The number of carbonyl (C=O) groups is 1. The second-order valence-electron chi connectivity index (χ2n) is 8.74. The minimum absolute atomic E-state index is 0.0356. The Labute approximate surface area is 171 Å². The summed E-state index contributed by atoms with van der Waals surface area (Å²) in [4.78, 5) is 22.0. The molecule has 1 aromatic heterocycles. The number of fused-ring (bicyclic) bond motifs is 1. The molecule has 4 rings (SSSR count). The van der Waals surface area contributed by atoms with Crippen LogP contribution in [-0.4, -0.2) is 52.0 Å². The lowest BCUT2D eigenvalue weighted by atomic mass is 9.96. The van der Waals surface area contributed by atoms with Gasteiger partial charge in [-0.2, -0.15) is 4.98 Å². The van der Waals surface area contributed by atoms with Crippen LogP contribution < -0.4 is 0 Å². The van der Waals surface area contributed by atoms with Gasteiger partial charge < -0.3 is 9.42 Å². The van der Waals surface area contributed by atoms with Gasteiger partial charge in [0, 0.05) is 37.2 Å². The monoisotopic (exact) mass is 392 g/mol. The molecule has 1 atom stereocenters. The van der Waals surface area contributed by atoms with E-state index in [9.17, 15) is 4.79 Å². The van der Waals surface area contributed by atoms with Crippen LogP contribution in [0.15, 0.2) is 47.0 Å². The summed E-state index contributed by atoms with van der Waals surface area (Å²) in [7, 11) is 0. The van der Waals surface area contributed by atoms with Crippen molar-refractivity contribution in [1.29, 1.82) is 0 Å². The number of carbonyl (C=O) groups excluding carboxylic acids is 1. The van der Waals surface area contributed by atoms with Crippen molar-refractivity contribution in [1.82, 2.24) is 19.9 Å². The van der Waals surface area contributed by atoms with Crippen molar-refractivity contribution in [3.8, 4) is 0 Å². The van der Waals surface area contributed by atoms with Crippen LogP contribution in [0.5, 0.6) is 0 Å². The zero-order valence-electron chi connectivity index (χ0n) is 17.6. The minimum Gasteiger partial charge on any atom is -0.338 e. The fraction of sp³-hybridized carbons (Fsp3) is 0.435. The van der Waals surface area contributed by atoms with E-state index in [4.69, 9.17) is 4.52 Å². The van der Waals surface area contributed by atoms with Crippen molar-refractivity contribution in [2.75, 3.05) is 26.2 Å². The van der Waals surface area contributed by atoms with Gasteiger partial charge in [-0.05, 0) is 23.8 Å². The summed E-state index contributed by atoms with van der Waals surface area (Å²) in [5, 5.41) is 6.24. The van der Waals surface area contributed by atoms with E-state index in [-0.39, 0.29) is 17.4 Å². The second-order valence-corrected chi connectivity index (χ2v) is 8.74. The normalized spacial score (nSPS) is 16.9. The Morgan fingerprint density at radius 3 is 2.41 bits per heavy atom. The van der Waals surface area contributed by atoms with Crippen LogP contribution in [0, 0.1) is 0 Å². The molecule has 0 radical (unpaired) electrons. The lowest BCUT2D eigenvalue weighted by Gasteiger charge is -2.37. The van der Waals surface area contributed by atoms with Gasteiger partial charge in [0.05, 0.1) is 6.04 Å². The Hall–Kier alpha value is -2.73. The lowest BCUT2D eigenvalue weighted by Crippen LogP contribution is -2.49. The van der Waals surface area contributed by atoms with Gasteiger partial charge in [-0.15, -0.1) is 0 Å². The van der Waals surface area contributed by atoms with Crippen molar-refractivity contribution in [3.05, 3.63) is 59.7 Å². The number of benzene rings is 2. The Morgan fingerprint density at radius 1 is 1.03 bits per heavy atom. The van der Waals surface area contributed by atoms with Crippen molar-refractivity contribution in [2.45, 2.75) is 39.2 Å². The Bertz CT molecular complexity index is 1010. The van der Waals surface area contributed by atoms with Crippen LogP contribution in [-0.2, 0) is 5.41 Å². The van der Waals surface area contributed by atoms with Crippen LogP contribution in [0.4, 0.5) is 0 Å². The fourth-order valence-electron chi connectivity index (χ4n) is 3.76. The molecule has 1 aliphatic rings. The largest absolute Gasteiger partial charge is 0.338 e. The molecular formula is C23H28N4O2. The molecule has 6 heteroatoms. The molecule has 152 valence electrons. The molecule has 0 spiro atoms. The average Bonchev–Trinajstić information content (AvgIpc) is 3.23. The first-order valence-corrected chi connectivity index (χ1v) is 10.2. The van der Waals surface area contributed by atoms with Crippen molar-refractivity contribution in [2.24, 2.45) is 0 Å². The molecule has 0 bridgehead atoms. The van der Waals surface area contributed by atoms with Gasteiger partial charge in [0.25, 0.3) is 5.91 Å². The molecular weight excluding hydrogens is 364 g/mol. The number of hydrogen-bond donors (Lipinski definition) is 0. The van der Waals surface area contributed by atoms with Crippen LogP contribution >= 0.6 is 0 Å². The van der Waals surface area contributed by atoms with Crippen molar-refractivity contribution < 1.29 is 9.32 Å². The number of nitrogens with zero attached hydrogens (tertiary/aromatic N) is 4. The maximum atomic E-state index is 13.1. The quantitative estimate of drug-likeness (QED) is 0.673. The van der Waals surface area contributed by atoms with Gasteiger partial charge in [0.1, 0.15) is 0 Å². The Kier molecular flexibility index (Phi) is 5.13. The molecule has 1 unspecified atom stereocenters. The van der Waals surface area contributed by atoms with Crippen LogP contribution in [0.1, 0.15) is 55.8 Å². The molecule has 6 nitrogen and oxygen atoms in total. The highest BCUT2D eigenvalue weighted by atomic mass is 16.5. The molecule has 2 heterocycles. The predicted molar refractivity (Wildman–Crippen MR) is 113 cm³/mol. The number of aromatic nitrogens is 2. The van der Waals surface area contributed by atoms with E-state index in [0.717, 1.165) is 35.2 Å². The molecule has 0 N–H and O–H groups in total. The van der Waals surface area contributed by atoms with E-state index in [0.29, 0.717) is 19.0 Å². The van der Waals surface area contributed by atoms with Gasteiger partial charge in [0.15, 0.2) is 5.82 Å². The van der Waals surface area contributed by atoms with Gasteiger partial charge in [-0.25, -0.2) is 0 Å². The van der Waals surface area contributed by atoms with Gasteiger partial charge in [-0.1, -0.05) is 62.3 Å². The number of amides is 1. The maximum absolute atomic E-state index is 13.1. The first-order chi connectivity index (χ1) is 13.8. The van der Waals surface area contributed by atoms with Gasteiger partial charge in [-0.3, -0.25) is 9.69 Å². The van der Waals surface area contributed by atoms with E-state index < -0.39 is 0 Å². The Morgan fingerprint density at radius 2 is 1.72 bits per heavy atom. The minimum atomic E-state index is -0.134. The van der Waals surface area contributed by atoms with E-state index >= 15 is 0 Å². The average molecular weight is 393 g/mol. The topological polar surface area (TPSA) is 62.5 Å². The molecule has 1 saturated heterocycles. The molecule has 0 saturated carbocycles. The standard InChI is InChI=1S/C23H28N4O2/c1-16(20-24-22(25-29-20)23(2,3)4)26-12-14-27(15-13-26)21(28)19-11-7-9-17-8-5-6-10-18(17)19/h5-11,16H,12-15H2,1-4H3. The molecule has 3 aromatic rings. The van der Waals surface area contributed by atoms with Crippen LogP contribution in [0.3, 0.4) is 0 Å². The Balaban J connectivity index is 1.44. The summed E-state index contributed by atoms with van der Waals surface area (Å²) in [6, 6.07) is 14.0. The van der Waals surface area contributed by atoms with Crippen molar-refractivity contribution in [3.63, 3.8) is 0 Å². The second kappa shape index (κ2) is 7.59. The van der Waals surface area contributed by atoms with Gasteiger partial charge >= 0.3 is 0 Å². The smallest absolute Gasteiger partial charge is 0.254 e. The zero-order chi connectivity index (χ0) is 20.6. The third-order valence-corrected chi connectivity index (χ3v) is 5.64. The number of rotatable bonds is 3. The van der Waals surface area contributed by atoms with Crippen LogP contribution in [0.2, 0.25) is 0 Å². The predicted octanol–water partition coefficient (Wildman–Crippen LogP) is 4.04. The molecule has 0 aliphatic carbocycles. The summed E-state index contributed by atoms with van der Waals surface area (Å²) in [6.45, 7) is 11.2. The summed E-state index contributed by atoms with van der Waals surface area (Å²) >= 11 is 0. The highest BCUT2D eigenvalue weighted by molar-refractivity contribution is 6.07. The first-order valence-electron chi connectivity index (χ1n) is 10.2. The van der Waals surface area contributed by atoms with E-state index in [1.807, 2.05) is 47.4 Å². The highest BCUT2D eigenvalue weighted by Gasteiger charge is 2.30. The third kappa shape index (κ3) is 3.90. The fourth-order valence-corrected chi connectivity index (χ4v) is 3.76. The molecule has 1 fully saturated rings. The molecule has 2 aromatic carbocycles. The molecule has 29 heavy (non-hydrogen) atoms. The summed E-state index contributed by atoms with van der Waals surface area (Å²) in [5.41, 5.74) is 0.640. The maximum Gasteiger partial charge on any atom is 0.254 e. The third-order valence-electron chi connectivity index (χ3n) is 5.64. The van der Waals surface area contributed by atoms with Crippen molar-refractivity contribution >= 4 is 16.7 Å². The summed E-state index contributed by atoms with van der Waals surface area (Å²) in [6.07, 6.45) is 0. The lowest BCUT2D eigenvalue weighted by molar-refractivity contribution is 0.0553. The van der Waals surface area contributed by atoms with Crippen LogP contribution in [0.25, 0.3) is 10.8 Å². The summed E-state index contributed by atoms with van der Waals surface area (Å²) in [5.74, 6) is 1.47. The first kappa shape index (κ1) is 19.6. The zero-order valence-corrected chi connectivity index (χ0v) is 17.6. The highest BCUT2D eigenvalue weighted by Crippen LogP contribution is 2.25. The van der Waals surface area contributed by atoms with Gasteiger partial charge in [0.2, 0.25) is 5.89 Å². The number of hydrogen-bond acceptors (Lipinski definition) is 5.